The fraction of sp³-hybridized carbons (Fsp3) is 0.435. The molecule has 0 aromatic heterocycles. The molecule has 34 heavy (non-hydrogen) atoms. The zero-order chi connectivity index (χ0) is 24.8. The zero-order valence-electron chi connectivity index (χ0n) is 18.4. The molecule has 0 aliphatic heterocycles. The van der Waals surface area contributed by atoms with Gasteiger partial charge in [-0.15, -0.1) is 0 Å². The van der Waals surface area contributed by atoms with Crippen molar-refractivity contribution in [1.29, 1.82) is 0 Å². The van der Waals surface area contributed by atoms with Gasteiger partial charge in [-0.25, -0.2) is 8.42 Å². The number of hydrogen-bond donors (Lipinski definition) is 1. The van der Waals surface area contributed by atoms with Gasteiger partial charge in [0, 0.05) is 13.2 Å². The highest BCUT2D eigenvalue weighted by molar-refractivity contribution is 7.92. The SMILES string of the molecule is O=C(CN(c1cc(C(F)(F)F)ccc1Cl)S(=O)(=O)c1ccccc1)NCCCOC1CCCC1. The smallest absolute Gasteiger partial charge is 0.378 e. The van der Waals surface area contributed by atoms with Crippen molar-refractivity contribution in [2.75, 3.05) is 24.0 Å². The molecule has 0 spiro atoms. The summed E-state index contributed by atoms with van der Waals surface area (Å²) in [6.45, 7) is -0.0424. The van der Waals surface area contributed by atoms with E-state index < -0.39 is 39.9 Å². The minimum Gasteiger partial charge on any atom is -0.378 e. The van der Waals surface area contributed by atoms with Crippen molar-refractivity contribution in [2.24, 2.45) is 0 Å². The van der Waals surface area contributed by atoms with E-state index in [0.29, 0.717) is 23.4 Å². The van der Waals surface area contributed by atoms with Crippen LogP contribution in [0.25, 0.3) is 0 Å². The van der Waals surface area contributed by atoms with Crippen LogP contribution in [0.4, 0.5) is 18.9 Å². The Hall–Kier alpha value is -2.30. The van der Waals surface area contributed by atoms with Crippen molar-refractivity contribution in [3.63, 3.8) is 0 Å². The lowest BCUT2D eigenvalue weighted by atomic mass is 10.2. The van der Waals surface area contributed by atoms with Crippen LogP contribution in [-0.2, 0) is 25.7 Å². The van der Waals surface area contributed by atoms with Crippen LogP contribution in [0.1, 0.15) is 37.7 Å². The van der Waals surface area contributed by atoms with Crippen LogP contribution in [0.5, 0.6) is 0 Å². The molecule has 0 saturated heterocycles. The van der Waals surface area contributed by atoms with Gasteiger partial charge in [-0.1, -0.05) is 42.6 Å². The zero-order valence-corrected chi connectivity index (χ0v) is 19.9. The van der Waals surface area contributed by atoms with Crippen LogP contribution < -0.4 is 9.62 Å². The fourth-order valence-electron chi connectivity index (χ4n) is 3.69. The van der Waals surface area contributed by atoms with Crippen LogP contribution in [-0.4, -0.2) is 40.1 Å². The third kappa shape index (κ3) is 6.86. The quantitative estimate of drug-likeness (QED) is 0.448. The number of alkyl halides is 3. The molecule has 1 fully saturated rings. The Kier molecular flexibility index (Phi) is 8.83. The summed E-state index contributed by atoms with van der Waals surface area (Å²) in [5.74, 6) is -0.672. The minimum absolute atomic E-state index is 0.179. The first-order valence-electron chi connectivity index (χ1n) is 10.9. The van der Waals surface area contributed by atoms with Crippen molar-refractivity contribution < 1.29 is 31.1 Å². The van der Waals surface area contributed by atoms with Crippen molar-refractivity contribution in [3.05, 3.63) is 59.1 Å². The summed E-state index contributed by atoms with van der Waals surface area (Å²) >= 11 is 6.10. The number of nitrogens with zero attached hydrogens (tertiary/aromatic N) is 1. The highest BCUT2D eigenvalue weighted by Gasteiger charge is 2.34. The van der Waals surface area contributed by atoms with Gasteiger partial charge in [-0.05, 0) is 49.6 Å². The predicted octanol–water partition coefficient (Wildman–Crippen LogP) is 5.02. The Bertz CT molecular complexity index is 1080. The van der Waals surface area contributed by atoms with Crippen LogP contribution in [0.2, 0.25) is 5.02 Å². The number of sulfonamides is 1. The number of carbonyl (C=O) groups excluding carboxylic acids is 1. The number of anilines is 1. The van der Waals surface area contributed by atoms with Crippen molar-refractivity contribution in [3.8, 4) is 0 Å². The molecule has 2 aromatic carbocycles. The van der Waals surface area contributed by atoms with E-state index in [0.717, 1.165) is 37.8 Å². The van der Waals surface area contributed by atoms with E-state index in [9.17, 15) is 26.4 Å². The van der Waals surface area contributed by atoms with E-state index in [4.69, 9.17) is 16.3 Å². The molecule has 0 atom stereocenters. The van der Waals surface area contributed by atoms with E-state index >= 15 is 0 Å². The highest BCUT2D eigenvalue weighted by Crippen LogP contribution is 2.37. The molecule has 2 aromatic rings. The average Bonchev–Trinajstić information content (AvgIpc) is 3.31. The first kappa shape index (κ1) is 26.3. The summed E-state index contributed by atoms with van der Waals surface area (Å²) in [5, 5.41) is 2.37. The largest absolute Gasteiger partial charge is 0.416 e. The fourth-order valence-corrected chi connectivity index (χ4v) is 5.41. The van der Waals surface area contributed by atoms with Crippen molar-refractivity contribution >= 4 is 33.2 Å². The highest BCUT2D eigenvalue weighted by atomic mass is 35.5. The van der Waals surface area contributed by atoms with Crippen LogP contribution >= 0.6 is 11.6 Å². The van der Waals surface area contributed by atoms with Crippen LogP contribution in [0.3, 0.4) is 0 Å². The van der Waals surface area contributed by atoms with Gasteiger partial charge in [0.15, 0.2) is 0 Å². The van der Waals surface area contributed by atoms with Crippen LogP contribution in [0, 0.1) is 0 Å². The number of ether oxygens (including phenoxy) is 1. The standard InChI is InChI=1S/C23H26ClF3N2O4S/c24-20-12-11-17(23(25,26)27)15-21(20)29(34(31,32)19-9-2-1-3-10-19)16-22(30)28-13-6-14-33-18-7-4-5-8-18/h1-3,9-12,15,18H,4-8,13-14,16H2,(H,28,30). The number of carbonyl (C=O) groups is 1. The number of nitrogens with one attached hydrogen (secondary N) is 1. The molecule has 1 N–H and O–H groups in total. The molecule has 0 bridgehead atoms. The summed E-state index contributed by atoms with van der Waals surface area (Å²) < 4.78 is 72.8. The Morgan fingerprint density at radius 2 is 1.79 bits per heavy atom. The maximum atomic E-state index is 13.3. The Morgan fingerprint density at radius 1 is 1.12 bits per heavy atom. The van der Waals surface area contributed by atoms with E-state index in [-0.39, 0.29) is 22.6 Å². The third-order valence-electron chi connectivity index (χ3n) is 5.46. The number of amides is 1. The molecule has 0 heterocycles. The summed E-state index contributed by atoms with van der Waals surface area (Å²) in [6.07, 6.45) is 0.384. The number of benzene rings is 2. The molecule has 0 radical (unpaired) electrons. The molecule has 186 valence electrons. The molecule has 3 rings (SSSR count). The maximum Gasteiger partial charge on any atom is 0.416 e. The van der Waals surface area contributed by atoms with Gasteiger partial charge in [0.05, 0.1) is 27.3 Å². The monoisotopic (exact) mass is 518 g/mol. The van der Waals surface area contributed by atoms with E-state index in [1.165, 1.54) is 24.3 Å². The van der Waals surface area contributed by atoms with Gasteiger partial charge in [-0.2, -0.15) is 13.2 Å². The molecule has 1 saturated carbocycles. The van der Waals surface area contributed by atoms with Crippen molar-refractivity contribution in [2.45, 2.75) is 49.3 Å². The van der Waals surface area contributed by atoms with Gasteiger partial charge in [0.1, 0.15) is 6.54 Å². The molecule has 11 heteroatoms. The van der Waals surface area contributed by atoms with Gasteiger partial charge >= 0.3 is 6.18 Å². The lowest BCUT2D eigenvalue weighted by Gasteiger charge is -2.26. The van der Waals surface area contributed by atoms with Gasteiger partial charge in [0.25, 0.3) is 10.0 Å². The van der Waals surface area contributed by atoms with E-state index in [2.05, 4.69) is 5.32 Å². The minimum atomic E-state index is -4.72. The number of halogens is 4. The summed E-state index contributed by atoms with van der Waals surface area (Å²) in [4.78, 5) is 12.4. The first-order chi connectivity index (χ1) is 16.1. The molecule has 6 nitrogen and oxygen atoms in total. The lowest BCUT2D eigenvalue weighted by Crippen LogP contribution is -2.41. The third-order valence-corrected chi connectivity index (χ3v) is 7.55. The molecule has 1 amide bonds. The maximum absolute atomic E-state index is 13.3. The molecular weight excluding hydrogens is 493 g/mol. The Morgan fingerprint density at radius 3 is 2.44 bits per heavy atom. The average molecular weight is 519 g/mol. The van der Waals surface area contributed by atoms with Crippen molar-refractivity contribution in [1.82, 2.24) is 5.32 Å². The normalized spacial score (nSPS) is 14.8. The van der Waals surface area contributed by atoms with E-state index in [1.54, 1.807) is 6.07 Å². The second-order valence-corrected chi connectivity index (χ2v) is 10.2. The second kappa shape index (κ2) is 11.4. The Labute approximate surface area is 202 Å². The first-order valence-corrected chi connectivity index (χ1v) is 12.7. The van der Waals surface area contributed by atoms with Gasteiger partial charge in [0.2, 0.25) is 5.91 Å². The van der Waals surface area contributed by atoms with Gasteiger partial charge in [-0.3, -0.25) is 9.10 Å². The lowest BCUT2D eigenvalue weighted by molar-refractivity contribution is -0.137. The summed E-state index contributed by atoms with van der Waals surface area (Å²) in [6, 6.07) is 9.48. The molecule has 0 unspecified atom stereocenters. The Balaban J connectivity index is 1.77. The molecule has 1 aliphatic carbocycles. The topological polar surface area (TPSA) is 75.7 Å². The molecule has 1 aliphatic rings. The van der Waals surface area contributed by atoms with Gasteiger partial charge < -0.3 is 10.1 Å². The molecular formula is C23H26ClF3N2O4S. The summed E-state index contributed by atoms with van der Waals surface area (Å²) in [7, 11) is -4.38. The summed E-state index contributed by atoms with van der Waals surface area (Å²) in [5.41, 5.74) is -1.51. The van der Waals surface area contributed by atoms with E-state index in [1.807, 2.05) is 0 Å². The number of rotatable bonds is 10. The second-order valence-electron chi connectivity index (χ2n) is 7.97. The number of hydrogen-bond acceptors (Lipinski definition) is 4. The predicted molar refractivity (Wildman–Crippen MR) is 123 cm³/mol. The van der Waals surface area contributed by atoms with Crippen LogP contribution in [0.15, 0.2) is 53.4 Å².